The van der Waals surface area contributed by atoms with Gasteiger partial charge in [0.15, 0.2) is 0 Å². The van der Waals surface area contributed by atoms with Gasteiger partial charge in [0.05, 0.1) is 13.0 Å². The summed E-state index contributed by atoms with van der Waals surface area (Å²) in [4.78, 5) is 39.2. The fourth-order valence-electron chi connectivity index (χ4n) is 2.21. The number of carbonyl (C=O) groups is 3. The quantitative estimate of drug-likeness (QED) is 0.685. The number of benzene rings is 1. The van der Waals surface area contributed by atoms with Crippen LogP contribution in [0, 0.1) is 0 Å². The van der Waals surface area contributed by atoms with Crippen LogP contribution in [0.1, 0.15) is 30.6 Å². The zero-order valence-corrected chi connectivity index (χ0v) is 15.4. The fourth-order valence-corrected chi connectivity index (χ4v) is 2.21. The first-order valence-corrected chi connectivity index (χ1v) is 8.30. The van der Waals surface area contributed by atoms with E-state index < -0.39 is 0 Å². The van der Waals surface area contributed by atoms with E-state index >= 15 is 0 Å². The smallest absolute Gasteiger partial charge is 0.307 e. The highest BCUT2D eigenvalue weighted by Gasteiger charge is 2.18. The molecule has 2 amide bonds. The Kier molecular flexibility index (Phi) is 8.63. The molecule has 1 aromatic carbocycles. The molecule has 0 aliphatic carbocycles. The number of rotatable bonds is 9. The van der Waals surface area contributed by atoms with Crippen molar-refractivity contribution in [3.63, 3.8) is 0 Å². The highest BCUT2D eigenvalue weighted by atomic mass is 16.5. The van der Waals surface area contributed by atoms with E-state index in [1.807, 2.05) is 19.0 Å². The molecule has 0 spiro atoms. The number of likely N-dealkylation sites (N-methyl/N-ethyl adjacent to an activating group) is 1. The van der Waals surface area contributed by atoms with E-state index in [1.165, 1.54) is 6.92 Å². The molecule has 0 atom stereocenters. The van der Waals surface area contributed by atoms with Gasteiger partial charge in [-0.1, -0.05) is 6.07 Å². The number of hydrogen-bond donors (Lipinski definition) is 1. The minimum atomic E-state index is -0.322. The van der Waals surface area contributed by atoms with Crippen LogP contribution in [0.15, 0.2) is 24.3 Å². The number of nitrogens with one attached hydrogen (secondary N) is 1. The van der Waals surface area contributed by atoms with Crippen molar-refractivity contribution in [3.8, 4) is 0 Å². The fraction of sp³-hybridized carbons (Fsp3) is 0.500. The Morgan fingerprint density at radius 2 is 1.84 bits per heavy atom. The van der Waals surface area contributed by atoms with Gasteiger partial charge in [0.1, 0.15) is 0 Å². The Morgan fingerprint density at radius 3 is 2.44 bits per heavy atom. The van der Waals surface area contributed by atoms with Crippen molar-refractivity contribution in [2.75, 3.05) is 45.7 Å². The van der Waals surface area contributed by atoms with Crippen LogP contribution < -0.4 is 5.32 Å². The standard InChI is InChI=1S/C18H27N3O4/c1-5-25-17(23)9-10-21(12-11-20(3)4)18(24)15-7-6-8-16(13-15)19-14(2)22/h6-8,13H,5,9-12H2,1-4H3,(H,19,22). The van der Waals surface area contributed by atoms with Crippen LogP contribution in [0.4, 0.5) is 5.69 Å². The Morgan fingerprint density at radius 1 is 1.12 bits per heavy atom. The number of ether oxygens (including phenoxy) is 1. The first-order chi connectivity index (χ1) is 11.8. The monoisotopic (exact) mass is 349 g/mol. The number of anilines is 1. The van der Waals surface area contributed by atoms with Gasteiger partial charge in [0, 0.05) is 37.8 Å². The van der Waals surface area contributed by atoms with Gasteiger partial charge in [0.25, 0.3) is 5.91 Å². The van der Waals surface area contributed by atoms with E-state index in [-0.39, 0.29) is 30.7 Å². The van der Waals surface area contributed by atoms with Crippen LogP contribution >= 0.6 is 0 Å². The summed E-state index contributed by atoms with van der Waals surface area (Å²) in [6, 6.07) is 6.77. The molecule has 0 aliphatic rings. The SMILES string of the molecule is CCOC(=O)CCN(CCN(C)C)C(=O)c1cccc(NC(C)=O)c1. The van der Waals surface area contributed by atoms with Gasteiger partial charge in [-0.15, -0.1) is 0 Å². The van der Waals surface area contributed by atoms with Crippen molar-refractivity contribution in [3.05, 3.63) is 29.8 Å². The van der Waals surface area contributed by atoms with Gasteiger partial charge in [-0.05, 0) is 39.2 Å². The molecule has 7 nitrogen and oxygen atoms in total. The predicted octanol–water partition coefficient (Wildman–Crippen LogP) is 1.60. The van der Waals surface area contributed by atoms with Gasteiger partial charge in [-0.3, -0.25) is 14.4 Å². The third-order valence-corrected chi connectivity index (χ3v) is 3.43. The highest BCUT2D eigenvalue weighted by Crippen LogP contribution is 2.13. The van der Waals surface area contributed by atoms with Gasteiger partial charge < -0.3 is 19.9 Å². The summed E-state index contributed by atoms with van der Waals surface area (Å²) in [5.74, 6) is -0.702. The molecule has 0 unspecified atom stereocenters. The lowest BCUT2D eigenvalue weighted by molar-refractivity contribution is -0.143. The van der Waals surface area contributed by atoms with Crippen LogP contribution in [0.5, 0.6) is 0 Å². The molecular weight excluding hydrogens is 322 g/mol. The third-order valence-electron chi connectivity index (χ3n) is 3.43. The molecule has 0 fully saturated rings. The van der Waals surface area contributed by atoms with Gasteiger partial charge in [0.2, 0.25) is 5.91 Å². The van der Waals surface area contributed by atoms with E-state index in [4.69, 9.17) is 4.74 Å². The van der Waals surface area contributed by atoms with Crippen molar-refractivity contribution in [1.29, 1.82) is 0 Å². The lowest BCUT2D eigenvalue weighted by Crippen LogP contribution is -2.38. The second kappa shape index (κ2) is 10.5. The van der Waals surface area contributed by atoms with Crippen molar-refractivity contribution in [1.82, 2.24) is 9.80 Å². The van der Waals surface area contributed by atoms with Crippen LogP contribution in [-0.2, 0) is 14.3 Å². The summed E-state index contributed by atoms with van der Waals surface area (Å²) in [5.41, 5.74) is 1.03. The largest absolute Gasteiger partial charge is 0.466 e. The molecule has 0 aliphatic heterocycles. The molecule has 0 heterocycles. The molecule has 1 rings (SSSR count). The maximum atomic E-state index is 12.8. The zero-order chi connectivity index (χ0) is 18.8. The normalized spacial score (nSPS) is 10.4. The second-order valence-electron chi connectivity index (χ2n) is 5.91. The number of carbonyl (C=O) groups excluding carboxylic acids is 3. The summed E-state index contributed by atoms with van der Waals surface area (Å²) in [6.07, 6.45) is 0.151. The summed E-state index contributed by atoms with van der Waals surface area (Å²) < 4.78 is 4.93. The minimum absolute atomic E-state index is 0.151. The minimum Gasteiger partial charge on any atom is -0.466 e. The van der Waals surface area contributed by atoms with E-state index in [9.17, 15) is 14.4 Å². The Bertz CT molecular complexity index is 602. The van der Waals surface area contributed by atoms with E-state index in [1.54, 1.807) is 36.1 Å². The maximum absolute atomic E-state index is 12.8. The van der Waals surface area contributed by atoms with Gasteiger partial charge in [-0.2, -0.15) is 0 Å². The molecule has 0 saturated carbocycles. The number of amides is 2. The maximum Gasteiger partial charge on any atom is 0.307 e. The zero-order valence-electron chi connectivity index (χ0n) is 15.4. The summed E-state index contributed by atoms with van der Waals surface area (Å²) in [6.45, 7) is 4.95. The molecule has 0 bridgehead atoms. The van der Waals surface area contributed by atoms with Crippen molar-refractivity contribution in [2.45, 2.75) is 20.3 Å². The van der Waals surface area contributed by atoms with Crippen molar-refractivity contribution in [2.24, 2.45) is 0 Å². The summed E-state index contributed by atoms with van der Waals surface area (Å²) >= 11 is 0. The molecule has 1 aromatic rings. The average molecular weight is 349 g/mol. The van der Waals surface area contributed by atoms with Crippen molar-refractivity contribution < 1.29 is 19.1 Å². The second-order valence-corrected chi connectivity index (χ2v) is 5.91. The first kappa shape index (κ1) is 20.6. The molecule has 0 saturated heterocycles. The molecule has 0 aromatic heterocycles. The van der Waals surface area contributed by atoms with Crippen LogP contribution in [0.2, 0.25) is 0 Å². The Labute approximate surface area is 148 Å². The van der Waals surface area contributed by atoms with Crippen LogP contribution in [0.3, 0.4) is 0 Å². The lowest BCUT2D eigenvalue weighted by atomic mass is 10.1. The van der Waals surface area contributed by atoms with Gasteiger partial charge in [-0.25, -0.2) is 0 Å². The highest BCUT2D eigenvalue weighted by molar-refractivity contribution is 5.97. The Balaban J connectivity index is 2.86. The summed E-state index contributed by atoms with van der Waals surface area (Å²) in [7, 11) is 3.84. The van der Waals surface area contributed by atoms with Crippen LogP contribution in [-0.4, -0.2) is 67.9 Å². The first-order valence-electron chi connectivity index (χ1n) is 8.30. The molecule has 25 heavy (non-hydrogen) atoms. The van der Waals surface area contributed by atoms with Crippen LogP contribution in [0.25, 0.3) is 0 Å². The number of hydrogen-bond acceptors (Lipinski definition) is 5. The molecule has 7 heteroatoms. The average Bonchev–Trinajstić information content (AvgIpc) is 2.54. The molecular formula is C18H27N3O4. The number of nitrogens with zero attached hydrogens (tertiary/aromatic N) is 2. The molecule has 0 radical (unpaired) electrons. The molecule has 138 valence electrons. The topological polar surface area (TPSA) is 79.0 Å². The van der Waals surface area contributed by atoms with Crippen molar-refractivity contribution >= 4 is 23.5 Å². The van der Waals surface area contributed by atoms with E-state index in [0.29, 0.717) is 30.9 Å². The van der Waals surface area contributed by atoms with E-state index in [2.05, 4.69) is 5.32 Å². The lowest BCUT2D eigenvalue weighted by Gasteiger charge is -2.24. The Hall–Kier alpha value is -2.41. The number of esters is 1. The van der Waals surface area contributed by atoms with E-state index in [0.717, 1.165) is 0 Å². The summed E-state index contributed by atoms with van der Waals surface area (Å²) in [5, 5.41) is 2.66. The third kappa shape index (κ3) is 7.80. The predicted molar refractivity (Wildman–Crippen MR) is 96.5 cm³/mol. The van der Waals surface area contributed by atoms with Gasteiger partial charge >= 0.3 is 5.97 Å². The molecule has 1 N–H and O–H groups in total.